The molecule has 0 bridgehead atoms. The van der Waals surface area contributed by atoms with E-state index < -0.39 is 0 Å². The number of hydrogen-bond acceptors (Lipinski definition) is 5. The molecule has 2 aromatic carbocycles. The van der Waals surface area contributed by atoms with Gasteiger partial charge in [-0.15, -0.1) is 0 Å². The first-order chi connectivity index (χ1) is 12.6. The molecule has 0 fully saturated rings. The summed E-state index contributed by atoms with van der Waals surface area (Å²) in [5.41, 5.74) is 8.09. The summed E-state index contributed by atoms with van der Waals surface area (Å²) < 4.78 is 0. The molecule has 0 saturated carbocycles. The number of nitrogens with two attached hydrogens (primary N) is 1. The van der Waals surface area contributed by atoms with Crippen LogP contribution in [0.25, 0.3) is 10.9 Å². The molecule has 0 radical (unpaired) electrons. The lowest BCUT2D eigenvalue weighted by atomic mass is 10.0. The van der Waals surface area contributed by atoms with Crippen molar-refractivity contribution in [1.82, 2.24) is 15.3 Å². The smallest absolute Gasteiger partial charge is 0.223 e. The van der Waals surface area contributed by atoms with E-state index in [2.05, 4.69) is 20.6 Å². The van der Waals surface area contributed by atoms with Crippen LogP contribution in [-0.2, 0) is 11.2 Å². The third-order valence-corrected chi connectivity index (χ3v) is 4.06. The minimum Gasteiger partial charge on any atom is -0.350 e. The first-order valence-corrected chi connectivity index (χ1v) is 8.67. The van der Waals surface area contributed by atoms with Gasteiger partial charge in [-0.2, -0.15) is 0 Å². The predicted molar refractivity (Wildman–Crippen MR) is 104 cm³/mol. The molecule has 0 aliphatic heterocycles. The number of amides is 1. The van der Waals surface area contributed by atoms with E-state index >= 15 is 0 Å². The Kier molecular flexibility index (Phi) is 5.76. The van der Waals surface area contributed by atoms with Crippen LogP contribution in [-0.4, -0.2) is 28.1 Å². The van der Waals surface area contributed by atoms with Gasteiger partial charge in [0.25, 0.3) is 0 Å². The number of nitrogens with zero attached hydrogens (tertiary/aromatic N) is 2. The molecule has 1 amide bonds. The van der Waals surface area contributed by atoms with E-state index in [-0.39, 0.29) is 24.5 Å². The van der Waals surface area contributed by atoms with Crippen LogP contribution in [0.2, 0.25) is 0 Å². The number of nitrogens with one attached hydrogen (secondary N) is 2. The van der Waals surface area contributed by atoms with Crippen LogP contribution < -0.4 is 16.4 Å². The second kappa shape index (κ2) is 8.40. The van der Waals surface area contributed by atoms with Crippen molar-refractivity contribution < 1.29 is 4.79 Å². The first kappa shape index (κ1) is 17.8. The maximum absolute atomic E-state index is 12.2. The van der Waals surface area contributed by atoms with Crippen molar-refractivity contribution in [2.24, 2.45) is 5.73 Å². The minimum absolute atomic E-state index is 0.0909. The Balaban J connectivity index is 1.54. The molecule has 1 heterocycles. The van der Waals surface area contributed by atoms with Gasteiger partial charge in [0, 0.05) is 17.8 Å². The molecule has 1 aromatic heterocycles. The van der Waals surface area contributed by atoms with Crippen LogP contribution in [0.3, 0.4) is 0 Å². The standard InChI is InChI=1S/C20H23N5O/c1-14(25-20-17-9-5-6-10-18(17)22-13-23-20)24-19(26)12-16(21)11-15-7-3-2-4-8-15/h2-10,13-14,16H,11-12,21H2,1H3,(H,24,26)(H,22,23,25). The van der Waals surface area contributed by atoms with Gasteiger partial charge in [-0.05, 0) is 31.0 Å². The van der Waals surface area contributed by atoms with Crippen molar-refractivity contribution in [1.29, 1.82) is 0 Å². The van der Waals surface area contributed by atoms with Crippen molar-refractivity contribution >= 4 is 22.6 Å². The Labute approximate surface area is 152 Å². The molecule has 2 atom stereocenters. The summed E-state index contributed by atoms with van der Waals surface area (Å²) in [5, 5.41) is 7.05. The fourth-order valence-electron chi connectivity index (χ4n) is 2.89. The number of rotatable bonds is 7. The molecule has 0 saturated heterocycles. The van der Waals surface area contributed by atoms with Crippen molar-refractivity contribution in [3.05, 3.63) is 66.5 Å². The molecule has 0 aliphatic carbocycles. The number of aromatic nitrogens is 2. The normalized spacial score (nSPS) is 13.2. The number of hydrogen-bond donors (Lipinski definition) is 3. The zero-order valence-electron chi connectivity index (χ0n) is 14.7. The van der Waals surface area contributed by atoms with E-state index in [1.54, 1.807) is 0 Å². The highest BCUT2D eigenvalue weighted by Crippen LogP contribution is 2.18. The average molecular weight is 349 g/mol. The van der Waals surface area contributed by atoms with Gasteiger partial charge in [-0.1, -0.05) is 42.5 Å². The molecule has 6 nitrogen and oxygen atoms in total. The second-order valence-corrected chi connectivity index (χ2v) is 6.33. The largest absolute Gasteiger partial charge is 0.350 e. The van der Waals surface area contributed by atoms with E-state index in [4.69, 9.17) is 5.73 Å². The molecule has 4 N–H and O–H groups in total. The van der Waals surface area contributed by atoms with Crippen molar-refractivity contribution in [2.75, 3.05) is 5.32 Å². The highest BCUT2D eigenvalue weighted by molar-refractivity contribution is 5.89. The van der Waals surface area contributed by atoms with Crippen molar-refractivity contribution in [3.8, 4) is 0 Å². The van der Waals surface area contributed by atoms with Crippen LogP contribution in [0, 0.1) is 0 Å². The molecule has 134 valence electrons. The van der Waals surface area contributed by atoms with Crippen LogP contribution in [0.5, 0.6) is 0 Å². The molecule has 0 spiro atoms. The maximum Gasteiger partial charge on any atom is 0.223 e. The summed E-state index contributed by atoms with van der Waals surface area (Å²) >= 11 is 0. The highest BCUT2D eigenvalue weighted by Gasteiger charge is 2.13. The van der Waals surface area contributed by atoms with Gasteiger partial charge in [0.05, 0.1) is 11.7 Å². The lowest BCUT2D eigenvalue weighted by Crippen LogP contribution is -2.41. The number of anilines is 1. The molecular formula is C20H23N5O. The molecule has 3 rings (SSSR count). The third kappa shape index (κ3) is 4.77. The quantitative estimate of drug-likeness (QED) is 0.570. The van der Waals surface area contributed by atoms with E-state index in [9.17, 15) is 4.79 Å². The summed E-state index contributed by atoms with van der Waals surface area (Å²) in [6.45, 7) is 1.87. The van der Waals surface area contributed by atoms with Crippen molar-refractivity contribution in [3.63, 3.8) is 0 Å². The Morgan fingerprint density at radius 2 is 1.81 bits per heavy atom. The summed E-state index contributed by atoms with van der Waals surface area (Å²) in [6.07, 6.45) is 2.18. The van der Waals surface area contributed by atoms with E-state index in [0.717, 1.165) is 16.5 Å². The number of carbonyl (C=O) groups excluding carboxylic acids is 1. The van der Waals surface area contributed by atoms with E-state index in [0.29, 0.717) is 12.2 Å². The van der Waals surface area contributed by atoms with Crippen LogP contribution in [0.15, 0.2) is 60.9 Å². The molecule has 6 heteroatoms. The Bertz CT molecular complexity index is 863. The zero-order valence-corrected chi connectivity index (χ0v) is 14.7. The topological polar surface area (TPSA) is 92.9 Å². The number of fused-ring (bicyclic) bond motifs is 1. The number of benzene rings is 2. The summed E-state index contributed by atoms with van der Waals surface area (Å²) in [4.78, 5) is 20.8. The lowest BCUT2D eigenvalue weighted by molar-refractivity contribution is -0.121. The van der Waals surface area contributed by atoms with Crippen LogP contribution in [0.1, 0.15) is 18.9 Å². The summed E-state index contributed by atoms with van der Waals surface area (Å²) in [7, 11) is 0. The summed E-state index contributed by atoms with van der Waals surface area (Å²) in [6, 6.07) is 17.5. The molecule has 2 unspecified atom stereocenters. The van der Waals surface area contributed by atoms with Gasteiger partial charge in [0.1, 0.15) is 12.1 Å². The van der Waals surface area contributed by atoms with Gasteiger partial charge in [0.2, 0.25) is 5.91 Å². The fraction of sp³-hybridized carbons (Fsp3) is 0.250. The Morgan fingerprint density at radius 3 is 2.62 bits per heavy atom. The Morgan fingerprint density at radius 1 is 1.08 bits per heavy atom. The van der Waals surface area contributed by atoms with Gasteiger partial charge < -0.3 is 16.4 Å². The van der Waals surface area contributed by atoms with Crippen LogP contribution >= 0.6 is 0 Å². The minimum atomic E-state index is -0.273. The molecule has 3 aromatic rings. The first-order valence-electron chi connectivity index (χ1n) is 8.67. The highest BCUT2D eigenvalue weighted by atomic mass is 16.1. The second-order valence-electron chi connectivity index (χ2n) is 6.33. The molecule has 26 heavy (non-hydrogen) atoms. The van der Waals surface area contributed by atoms with Gasteiger partial charge in [-0.25, -0.2) is 9.97 Å². The summed E-state index contributed by atoms with van der Waals surface area (Å²) in [5.74, 6) is 0.601. The van der Waals surface area contributed by atoms with E-state index in [1.165, 1.54) is 6.33 Å². The predicted octanol–water partition coefficient (Wildman–Crippen LogP) is 2.46. The SMILES string of the molecule is CC(NC(=O)CC(N)Cc1ccccc1)Nc1ncnc2ccccc12. The van der Waals surface area contributed by atoms with Gasteiger partial charge in [0.15, 0.2) is 0 Å². The number of carbonyl (C=O) groups is 1. The monoisotopic (exact) mass is 349 g/mol. The lowest BCUT2D eigenvalue weighted by Gasteiger charge is -2.19. The van der Waals surface area contributed by atoms with Gasteiger partial charge in [-0.3, -0.25) is 4.79 Å². The molecular weight excluding hydrogens is 326 g/mol. The third-order valence-electron chi connectivity index (χ3n) is 4.06. The Hall–Kier alpha value is -2.99. The maximum atomic E-state index is 12.2. The zero-order chi connectivity index (χ0) is 18.4. The molecule has 0 aliphatic rings. The van der Waals surface area contributed by atoms with Gasteiger partial charge >= 0.3 is 0 Å². The van der Waals surface area contributed by atoms with Crippen molar-refractivity contribution in [2.45, 2.75) is 32.0 Å². The number of para-hydroxylation sites is 1. The fourth-order valence-corrected chi connectivity index (χ4v) is 2.89. The van der Waals surface area contributed by atoms with Crippen LogP contribution in [0.4, 0.5) is 5.82 Å². The van der Waals surface area contributed by atoms with E-state index in [1.807, 2.05) is 61.5 Å². The average Bonchev–Trinajstić information content (AvgIpc) is 2.62.